The number of hydrogen-bond acceptors (Lipinski definition) is 8. The van der Waals surface area contributed by atoms with Crippen LogP contribution in [-0.2, 0) is 22.4 Å². The fraction of sp³-hybridized carbons (Fsp3) is 0.481. The molecule has 2 aromatic heterocycles. The number of unbranched alkanes of at least 4 members (excludes halogenated alkanes) is 1. The Hall–Kier alpha value is -3.01. The molecule has 1 atom stereocenters. The molecule has 0 fully saturated rings. The van der Waals surface area contributed by atoms with Gasteiger partial charge in [-0.1, -0.05) is 17.7 Å². The van der Waals surface area contributed by atoms with E-state index < -0.39 is 12.0 Å². The lowest BCUT2D eigenvalue weighted by molar-refractivity contribution is -0.138. The van der Waals surface area contributed by atoms with Gasteiger partial charge in [0, 0.05) is 42.8 Å². The number of ether oxygens (including phenoxy) is 1. The summed E-state index contributed by atoms with van der Waals surface area (Å²) in [5.41, 5.74) is 3.09. The Morgan fingerprint density at radius 3 is 2.95 bits per heavy atom. The minimum atomic E-state index is -0.917. The van der Waals surface area contributed by atoms with Gasteiger partial charge in [0.25, 0.3) is 0 Å². The molecule has 0 bridgehead atoms. The fourth-order valence-electron chi connectivity index (χ4n) is 4.58. The van der Waals surface area contributed by atoms with Crippen molar-refractivity contribution in [2.45, 2.75) is 44.6 Å². The molecule has 10 heteroatoms. The zero-order chi connectivity index (χ0) is 26.0. The predicted molar refractivity (Wildman–Crippen MR) is 147 cm³/mol. The number of rotatable bonds is 14. The van der Waals surface area contributed by atoms with E-state index in [2.05, 4.69) is 37.6 Å². The van der Waals surface area contributed by atoms with Gasteiger partial charge >= 0.3 is 5.97 Å². The Bertz CT molecular complexity index is 1190. The second-order valence-electron chi connectivity index (χ2n) is 9.34. The van der Waals surface area contributed by atoms with Gasteiger partial charge in [0.1, 0.15) is 24.0 Å². The van der Waals surface area contributed by atoms with Gasteiger partial charge in [-0.05, 0) is 74.9 Å². The third-order valence-corrected chi connectivity index (χ3v) is 6.90. The van der Waals surface area contributed by atoms with Crippen molar-refractivity contribution < 1.29 is 14.6 Å². The van der Waals surface area contributed by atoms with Crippen LogP contribution in [0.4, 0.5) is 11.6 Å². The van der Waals surface area contributed by atoms with E-state index in [1.807, 2.05) is 0 Å². The monoisotopic (exact) mass is 526 g/mol. The summed E-state index contributed by atoms with van der Waals surface area (Å²) in [6.45, 7) is 3.84. The second kappa shape index (κ2) is 13.5. The first-order valence-corrected chi connectivity index (χ1v) is 13.2. The number of nitrogens with zero attached hydrogens (tertiary/aromatic N) is 4. The number of aromatic nitrogens is 3. The fourth-order valence-corrected chi connectivity index (χ4v) is 4.75. The molecule has 3 N–H and O–H groups in total. The first kappa shape index (κ1) is 27.0. The summed E-state index contributed by atoms with van der Waals surface area (Å²) in [4.78, 5) is 27.6. The van der Waals surface area contributed by atoms with Crippen LogP contribution in [0.5, 0.6) is 0 Å². The number of carboxylic acids is 1. The number of halogens is 1. The van der Waals surface area contributed by atoms with Crippen LogP contribution in [0.2, 0.25) is 5.02 Å². The van der Waals surface area contributed by atoms with E-state index in [-0.39, 0.29) is 0 Å². The highest BCUT2D eigenvalue weighted by Crippen LogP contribution is 2.24. The molecule has 0 radical (unpaired) electrons. The quantitative estimate of drug-likeness (QED) is 0.265. The van der Waals surface area contributed by atoms with Crippen molar-refractivity contribution in [3.63, 3.8) is 0 Å². The summed E-state index contributed by atoms with van der Waals surface area (Å²) in [7, 11) is 1.68. The molecule has 1 aliphatic heterocycles. The Kier molecular flexibility index (Phi) is 9.87. The summed E-state index contributed by atoms with van der Waals surface area (Å²) >= 11 is 6.07. The van der Waals surface area contributed by atoms with Gasteiger partial charge in [0.2, 0.25) is 0 Å². The van der Waals surface area contributed by atoms with Gasteiger partial charge < -0.3 is 25.4 Å². The number of hydrogen-bond donors (Lipinski definition) is 3. The highest BCUT2D eigenvalue weighted by atomic mass is 35.5. The van der Waals surface area contributed by atoms with Crippen LogP contribution in [0.15, 0.2) is 36.7 Å². The Labute approximate surface area is 222 Å². The molecular weight excluding hydrogens is 492 g/mol. The normalized spacial score (nSPS) is 13.8. The minimum Gasteiger partial charge on any atom is -0.480 e. The molecule has 0 saturated heterocycles. The molecule has 0 saturated carbocycles. The van der Waals surface area contributed by atoms with Gasteiger partial charge in [0.15, 0.2) is 0 Å². The zero-order valence-corrected chi connectivity index (χ0v) is 22.0. The number of benzene rings is 1. The predicted octanol–water partition coefficient (Wildman–Crippen LogP) is 4.26. The Balaban J connectivity index is 1.30. The van der Waals surface area contributed by atoms with Crippen LogP contribution in [-0.4, -0.2) is 76.9 Å². The molecule has 0 spiro atoms. The topological polar surface area (TPSA) is 113 Å². The van der Waals surface area contributed by atoms with Crippen molar-refractivity contribution in [1.82, 2.24) is 19.9 Å². The van der Waals surface area contributed by atoms with E-state index in [9.17, 15) is 9.90 Å². The maximum absolute atomic E-state index is 12.1. The third kappa shape index (κ3) is 7.74. The van der Waals surface area contributed by atoms with Crippen LogP contribution in [0.25, 0.3) is 10.9 Å². The molecule has 1 aliphatic rings. The zero-order valence-electron chi connectivity index (χ0n) is 21.3. The smallest absolute Gasteiger partial charge is 0.326 e. The third-order valence-electron chi connectivity index (χ3n) is 6.66. The van der Waals surface area contributed by atoms with E-state index in [0.29, 0.717) is 35.9 Å². The van der Waals surface area contributed by atoms with Crippen LogP contribution >= 0.6 is 11.6 Å². The number of methoxy groups -OCH3 is 1. The minimum absolute atomic E-state index is 0.427. The van der Waals surface area contributed by atoms with Crippen molar-refractivity contribution in [2.75, 3.05) is 50.5 Å². The van der Waals surface area contributed by atoms with Gasteiger partial charge in [-0.2, -0.15) is 0 Å². The lowest BCUT2D eigenvalue weighted by Crippen LogP contribution is -2.37. The van der Waals surface area contributed by atoms with Gasteiger partial charge in [0.05, 0.1) is 12.1 Å². The molecule has 4 rings (SSSR count). The van der Waals surface area contributed by atoms with Gasteiger partial charge in [-0.25, -0.2) is 19.7 Å². The van der Waals surface area contributed by atoms with Crippen molar-refractivity contribution >= 4 is 40.1 Å². The standard InChI is InChI=1S/C27H35ClN6O3/c1-37-16-15-34(13-3-2-6-21-9-7-19-5-4-12-29-25(19)32-21)14-11-23(27(35)36)33-26-22-10-8-20(28)17-24(22)30-18-31-26/h7-10,17-18,23H,2-6,11-16H2,1H3,(H,29,32)(H,35,36)(H,30,31,33)/t23-/m0/s1. The highest BCUT2D eigenvalue weighted by Gasteiger charge is 2.20. The summed E-state index contributed by atoms with van der Waals surface area (Å²) in [6.07, 6.45) is 7.04. The van der Waals surface area contributed by atoms with Gasteiger partial charge in [-0.3, -0.25) is 0 Å². The van der Waals surface area contributed by atoms with E-state index in [1.165, 1.54) is 11.9 Å². The number of carboxylic acid groups (broad SMARTS) is 1. The van der Waals surface area contributed by atoms with Crippen molar-refractivity contribution in [1.29, 1.82) is 0 Å². The lowest BCUT2D eigenvalue weighted by Gasteiger charge is -2.24. The Morgan fingerprint density at radius 1 is 1.22 bits per heavy atom. The van der Waals surface area contributed by atoms with E-state index in [4.69, 9.17) is 21.3 Å². The summed E-state index contributed by atoms with van der Waals surface area (Å²) in [6, 6.07) is 8.84. The Morgan fingerprint density at radius 2 is 2.11 bits per heavy atom. The molecule has 3 heterocycles. The summed E-state index contributed by atoms with van der Waals surface area (Å²) in [5, 5.41) is 17.7. The number of pyridine rings is 1. The average molecular weight is 527 g/mol. The van der Waals surface area contributed by atoms with Crippen molar-refractivity contribution in [3.8, 4) is 0 Å². The first-order valence-electron chi connectivity index (χ1n) is 12.9. The van der Waals surface area contributed by atoms with Crippen LogP contribution in [0, 0.1) is 0 Å². The van der Waals surface area contributed by atoms with Crippen LogP contribution in [0.1, 0.15) is 36.9 Å². The SMILES string of the molecule is COCCN(CCCCc1ccc2c(n1)NCCC2)CC[C@H](Nc1ncnc2cc(Cl)ccc12)C(=O)O. The van der Waals surface area contributed by atoms with Crippen molar-refractivity contribution in [3.05, 3.63) is 52.9 Å². The number of carbonyl (C=O) groups is 1. The molecule has 1 aromatic carbocycles. The lowest BCUT2D eigenvalue weighted by atomic mass is 10.1. The molecular formula is C27H35ClN6O3. The van der Waals surface area contributed by atoms with Gasteiger partial charge in [-0.15, -0.1) is 0 Å². The summed E-state index contributed by atoms with van der Waals surface area (Å²) < 4.78 is 5.29. The molecule has 3 aromatic rings. The molecule has 37 heavy (non-hydrogen) atoms. The number of aryl methyl sites for hydroxylation is 2. The van der Waals surface area contributed by atoms with E-state index in [0.717, 1.165) is 68.6 Å². The number of fused-ring (bicyclic) bond motifs is 2. The first-order chi connectivity index (χ1) is 18.0. The van der Waals surface area contributed by atoms with E-state index in [1.54, 1.807) is 25.3 Å². The van der Waals surface area contributed by atoms with E-state index >= 15 is 0 Å². The number of anilines is 2. The molecule has 198 valence electrons. The second-order valence-corrected chi connectivity index (χ2v) is 9.78. The average Bonchev–Trinajstić information content (AvgIpc) is 2.90. The summed E-state index contributed by atoms with van der Waals surface area (Å²) in [5.74, 6) is 0.612. The molecule has 0 amide bonds. The number of nitrogens with one attached hydrogen (secondary N) is 2. The van der Waals surface area contributed by atoms with Crippen LogP contribution < -0.4 is 10.6 Å². The van der Waals surface area contributed by atoms with Crippen molar-refractivity contribution in [2.24, 2.45) is 0 Å². The molecule has 0 aliphatic carbocycles. The van der Waals surface area contributed by atoms with Crippen LogP contribution in [0.3, 0.4) is 0 Å². The maximum atomic E-state index is 12.1. The maximum Gasteiger partial charge on any atom is 0.326 e. The molecule has 9 nitrogen and oxygen atoms in total. The number of aliphatic carboxylic acids is 1. The highest BCUT2D eigenvalue weighted by molar-refractivity contribution is 6.31. The largest absolute Gasteiger partial charge is 0.480 e. The molecule has 0 unspecified atom stereocenters.